The van der Waals surface area contributed by atoms with Crippen LogP contribution in [0.3, 0.4) is 0 Å². The van der Waals surface area contributed by atoms with E-state index in [1.807, 2.05) is 6.07 Å². The highest BCUT2D eigenvalue weighted by molar-refractivity contribution is 9.10. The Morgan fingerprint density at radius 3 is 2.94 bits per heavy atom. The minimum atomic E-state index is 0.626. The quantitative estimate of drug-likeness (QED) is 0.925. The fraction of sp³-hybridized carbons (Fsp3) is 0.538. The van der Waals surface area contributed by atoms with E-state index in [1.165, 1.54) is 18.5 Å². The van der Waals surface area contributed by atoms with Gasteiger partial charge < -0.3 is 15.0 Å². The van der Waals surface area contributed by atoms with Crippen LogP contribution in [-0.4, -0.2) is 33.3 Å². The second-order valence-corrected chi connectivity index (χ2v) is 5.35. The minimum Gasteiger partial charge on any atom is -0.496 e. The molecule has 1 atom stereocenters. The van der Waals surface area contributed by atoms with Crippen molar-refractivity contribution in [2.24, 2.45) is 0 Å². The van der Waals surface area contributed by atoms with Crippen molar-refractivity contribution in [2.45, 2.75) is 18.9 Å². The van der Waals surface area contributed by atoms with E-state index >= 15 is 0 Å². The Kier molecular flexibility index (Phi) is 4.29. The summed E-state index contributed by atoms with van der Waals surface area (Å²) >= 11 is 3.52. The molecule has 1 saturated heterocycles. The standard InChI is InChI=1S/C13H19BrN2O/c1-16(9-10-4-3-7-15-10)11-5-6-13(17-2)12(14)8-11/h5-6,8,10,15H,3-4,7,9H2,1-2H3. The SMILES string of the molecule is COc1ccc(N(C)CC2CCCN2)cc1Br. The summed E-state index contributed by atoms with van der Waals surface area (Å²) in [6, 6.07) is 6.82. The van der Waals surface area contributed by atoms with Gasteiger partial charge in [-0.2, -0.15) is 0 Å². The number of hydrogen-bond acceptors (Lipinski definition) is 3. The third kappa shape index (κ3) is 3.13. The van der Waals surface area contributed by atoms with Gasteiger partial charge in [0.25, 0.3) is 0 Å². The molecule has 1 aromatic carbocycles. The molecule has 94 valence electrons. The molecule has 1 fully saturated rings. The van der Waals surface area contributed by atoms with Gasteiger partial charge >= 0.3 is 0 Å². The summed E-state index contributed by atoms with van der Waals surface area (Å²) in [7, 11) is 3.82. The zero-order valence-electron chi connectivity index (χ0n) is 10.4. The molecule has 1 unspecified atom stereocenters. The maximum Gasteiger partial charge on any atom is 0.133 e. The van der Waals surface area contributed by atoms with Crippen molar-refractivity contribution >= 4 is 21.6 Å². The number of rotatable bonds is 4. The van der Waals surface area contributed by atoms with Crippen LogP contribution in [0.25, 0.3) is 0 Å². The Labute approximate surface area is 111 Å². The molecular formula is C13H19BrN2O. The number of nitrogens with zero attached hydrogens (tertiary/aromatic N) is 1. The molecule has 0 aromatic heterocycles. The van der Waals surface area contributed by atoms with E-state index in [-0.39, 0.29) is 0 Å². The summed E-state index contributed by atoms with van der Waals surface area (Å²) in [5.74, 6) is 0.876. The Bertz CT molecular complexity index is 378. The Hall–Kier alpha value is -0.740. The molecule has 1 aromatic rings. The Morgan fingerprint density at radius 2 is 2.35 bits per heavy atom. The smallest absolute Gasteiger partial charge is 0.133 e. The second kappa shape index (κ2) is 5.74. The van der Waals surface area contributed by atoms with Crippen molar-refractivity contribution in [1.29, 1.82) is 0 Å². The minimum absolute atomic E-state index is 0.626. The van der Waals surface area contributed by atoms with Crippen molar-refractivity contribution in [3.05, 3.63) is 22.7 Å². The first-order valence-electron chi connectivity index (χ1n) is 5.99. The fourth-order valence-corrected chi connectivity index (χ4v) is 2.77. The molecule has 17 heavy (non-hydrogen) atoms. The summed E-state index contributed by atoms with van der Waals surface area (Å²) in [5.41, 5.74) is 1.21. The molecule has 0 radical (unpaired) electrons. The van der Waals surface area contributed by atoms with Crippen LogP contribution in [0.2, 0.25) is 0 Å². The van der Waals surface area contributed by atoms with Gasteiger partial charge in [-0.25, -0.2) is 0 Å². The van der Waals surface area contributed by atoms with Crippen molar-refractivity contribution in [3.63, 3.8) is 0 Å². The van der Waals surface area contributed by atoms with Gasteiger partial charge in [-0.15, -0.1) is 0 Å². The van der Waals surface area contributed by atoms with Gasteiger partial charge in [0.1, 0.15) is 5.75 Å². The van der Waals surface area contributed by atoms with E-state index in [1.54, 1.807) is 7.11 Å². The first-order chi connectivity index (χ1) is 8.20. The highest BCUT2D eigenvalue weighted by atomic mass is 79.9. The van der Waals surface area contributed by atoms with Gasteiger partial charge in [0.2, 0.25) is 0 Å². The molecule has 0 bridgehead atoms. The molecule has 1 aliphatic heterocycles. The molecule has 2 rings (SSSR count). The average Bonchev–Trinajstić information content (AvgIpc) is 2.81. The lowest BCUT2D eigenvalue weighted by Crippen LogP contribution is -2.35. The van der Waals surface area contributed by atoms with E-state index in [9.17, 15) is 0 Å². The Balaban J connectivity index is 2.02. The lowest BCUT2D eigenvalue weighted by atomic mass is 10.2. The van der Waals surface area contributed by atoms with Crippen LogP contribution in [0.1, 0.15) is 12.8 Å². The molecule has 1 heterocycles. The number of anilines is 1. The molecule has 3 nitrogen and oxygen atoms in total. The van der Waals surface area contributed by atoms with Crippen molar-refractivity contribution in [2.75, 3.05) is 32.1 Å². The van der Waals surface area contributed by atoms with E-state index in [4.69, 9.17) is 4.74 Å². The number of hydrogen-bond donors (Lipinski definition) is 1. The van der Waals surface area contributed by atoms with Crippen molar-refractivity contribution in [1.82, 2.24) is 5.32 Å². The molecule has 1 N–H and O–H groups in total. The molecule has 1 aliphatic rings. The molecule has 0 spiro atoms. The largest absolute Gasteiger partial charge is 0.496 e. The van der Waals surface area contributed by atoms with E-state index < -0.39 is 0 Å². The van der Waals surface area contributed by atoms with E-state index in [2.05, 4.69) is 45.3 Å². The first kappa shape index (κ1) is 12.7. The van der Waals surface area contributed by atoms with Crippen LogP contribution in [0.5, 0.6) is 5.75 Å². The highest BCUT2D eigenvalue weighted by Crippen LogP contribution is 2.29. The highest BCUT2D eigenvalue weighted by Gasteiger charge is 2.16. The van der Waals surface area contributed by atoms with Gasteiger partial charge in [-0.3, -0.25) is 0 Å². The number of methoxy groups -OCH3 is 1. The summed E-state index contributed by atoms with van der Waals surface area (Å²) in [5, 5.41) is 3.52. The molecule has 0 saturated carbocycles. The van der Waals surface area contributed by atoms with Crippen LogP contribution in [0.15, 0.2) is 22.7 Å². The molecule has 0 aliphatic carbocycles. The lowest BCUT2D eigenvalue weighted by Gasteiger charge is -2.23. The van der Waals surface area contributed by atoms with Crippen LogP contribution in [0.4, 0.5) is 5.69 Å². The first-order valence-corrected chi connectivity index (χ1v) is 6.78. The van der Waals surface area contributed by atoms with Crippen molar-refractivity contribution in [3.8, 4) is 5.75 Å². The summed E-state index contributed by atoms with van der Waals surface area (Å²) in [4.78, 5) is 2.28. The van der Waals surface area contributed by atoms with E-state index in [0.29, 0.717) is 6.04 Å². The number of ether oxygens (including phenoxy) is 1. The van der Waals surface area contributed by atoms with Crippen molar-refractivity contribution < 1.29 is 4.74 Å². The lowest BCUT2D eigenvalue weighted by molar-refractivity contribution is 0.412. The number of benzene rings is 1. The van der Waals surface area contributed by atoms with Crippen LogP contribution < -0.4 is 15.0 Å². The molecule has 0 amide bonds. The topological polar surface area (TPSA) is 24.5 Å². The number of likely N-dealkylation sites (N-methyl/N-ethyl adjacent to an activating group) is 1. The third-order valence-electron chi connectivity index (χ3n) is 3.23. The third-order valence-corrected chi connectivity index (χ3v) is 3.85. The summed E-state index contributed by atoms with van der Waals surface area (Å²) in [6.45, 7) is 2.21. The maximum absolute atomic E-state index is 5.24. The van der Waals surface area contributed by atoms with Crippen LogP contribution in [0, 0.1) is 0 Å². The normalized spacial score (nSPS) is 19.4. The van der Waals surface area contributed by atoms with Gasteiger partial charge in [-0.05, 0) is 53.5 Å². The summed E-state index contributed by atoms with van der Waals surface area (Å²) < 4.78 is 6.24. The summed E-state index contributed by atoms with van der Waals surface area (Å²) in [6.07, 6.45) is 2.58. The predicted molar refractivity (Wildman–Crippen MR) is 75.0 cm³/mol. The predicted octanol–water partition coefficient (Wildman–Crippen LogP) is 2.65. The Morgan fingerprint density at radius 1 is 1.53 bits per heavy atom. The monoisotopic (exact) mass is 298 g/mol. The van der Waals surface area contributed by atoms with Crippen LogP contribution >= 0.6 is 15.9 Å². The molecule has 4 heteroatoms. The van der Waals surface area contributed by atoms with Gasteiger partial charge in [0, 0.05) is 25.3 Å². The number of nitrogens with one attached hydrogen (secondary N) is 1. The van der Waals surface area contributed by atoms with Crippen LogP contribution in [-0.2, 0) is 0 Å². The second-order valence-electron chi connectivity index (χ2n) is 4.49. The zero-order valence-corrected chi connectivity index (χ0v) is 12.0. The van der Waals surface area contributed by atoms with Gasteiger partial charge in [0.05, 0.1) is 11.6 Å². The van der Waals surface area contributed by atoms with Gasteiger partial charge in [0.15, 0.2) is 0 Å². The van der Waals surface area contributed by atoms with E-state index in [0.717, 1.165) is 23.3 Å². The maximum atomic E-state index is 5.24. The zero-order chi connectivity index (χ0) is 12.3. The average molecular weight is 299 g/mol. The van der Waals surface area contributed by atoms with Gasteiger partial charge in [-0.1, -0.05) is 0 Å². The number of halogens is 1. The fourth-order valence-electron chi connectivity index (χ4n) is 2.24. The molecular weight excluding hydrogens is 280 g/mol.